The molecule has 1 aromatic carbocycles. The van der Waals surface area contributed by atoms with Gasteiger partial charge >= 0.3 is 6.09 Å². The second-order valence-electron chi connectivity index (χ2n) is 9.23. The van der Waals surface area contributed by atoms with E-state index in [1.807, 2.05) is 33.8 Å². The second-order valence-corrected chi connectivity index (χ2v) is 9.23. The van der Waals surface area contributed by atoms with Gasteiger partial charge in [0, 0.05) is 30.9 Å². The van der Waals surface area contributed by atoms with Gasteiger partial charge in [0.15, 0.2) is 0 Å². The number of nitrogens with one attached hydrogen (secondary N) is 1. The minimum atomic E-state index is -0.582. The third kappa shape index (κ3) is 7.99. The van der Waals surface area contributed by atoms with E-state index >= 15 is 0 Å². The van der Waals surface area contributed by atoms with Crippen LogP contribution in [0.1, 0.15) is 54.0 Å². The van der Waals surface area contributed by atoms with Gasteiger partial charge in [-0.2, -0.15) is 0 Å². The van der Waals surface area contributed by atoms with Gasteiger partial charge in [-0.15, -0.1) is 0 Å². The zero-order chi connectivity index (χ0) is 23.3. The zero-order valence-electron chi connectivity index (χ0n) is 19.5. The lowest BCUT2D eigenvalue weighted by Crippen LogP contribution is -2.45. The van der Waals surface area contributed by atoms with Crippen molar-refractivity contribution in [2.75, 3.05) is 18.0 Å². The maximum atomic E-state index is 12.0. The number of alkyl carbamates (subject to hydrolysis) is 1. The molecule has 0 aliphatic carbocycles. The van der Waals surface area contributed by atoms with Crippen LogP contribution < -0.4 is 10.2 Å². The summed E-state index contributed by atoms with van der Waals surface area (Å²) < 4.78 is 16.9. The largest absolute Gasteiger partial charge is 0.444 e. The summed E-state index contributed by atoms with van der Waals surface area (Å²) in [6.45, 7) is 14.6. The first-order chi connectivity index (χ1) is 14.3. The van der Waals surface area contributed by atoms with Crippen molar-refractivity contribution in [2.24, 2.45) is 0 Å². The lowest BCUT2D eigenvalue weighted by molar-refractivity contribution is -0.384. The standard InChI is InChI=1S/C22H35N3O6/c1-14-11-24(12-15(2)30-14)19-8-18(9-20(10-19)25(27)28)13-29-17(4)16(3)23-21(26)31-22(5,6)7/h8-10,14-17H,11-13H2,1-7H3,(H,23,26)/t14-,15-,16+,17+/m0/s1. The Morgan fingerprint density at radius 1 is 1.26 bits per heavy atom. The average molecular weight is 438 g/mol. The van der Waals surface area contributed by atoms with Crippen molar-refractivity contribution in [1.29, 1.82) is 0 Å². The molecular formula is C22H35N3O6. The number of nitro benzene ring substituents is 1. The van der Waals surface area contributed by atoms with Gasteiger partial charge in [0.2, 0.25) is 0 Å². The van der Waals surface area contributed by atoms with Gasteiger partial charge in [-0.25, -0.2) is 4.79 Å². The Balaban J connectivity index is 2.05. The van der Waals surface area contributed by atoms with E-state index in [1.165, 1.54) is 6.07 Å². The van der Waals surface area contributed by atoms with Gasteiger partial charge in [-0.05, 0) is 60.1 Å². The minimum absolute atomic E-state index is 0.0236. The number of carbonyl (C=O) groups excluding carboxylic acids is 1. The molecule has 0 unspecified atom stereocenters. The number of nitro groups is 1. The van der Waals surface area contributed by atoms with Gasteiger partial charge in [0.05, 0.1) is 35.9 Å². The Hall–Kier alpha value is -2.39. The Morgan fingerprint density at radius 2 is 1.87 bits per heavy atom. The molecule has 9 nitrogen and oxygen atoms in total. The van der Waals surface area contributed by atoms with E-state index in [9.17, 15) is 14.9 Å². The number of amides is 1. The highest BCUT2D eigenvalue weighted by atomic mass is 16.6. The molecule has 31 heavy (non-hydrogen) atoms. The summed E-state index contributed by atoms with van der Waals surface area (Å²) in [5, 5.41) is 14.2. The summed E-state index contributed by atoms with van der Waals surface area (Å²) in [5.41, 5.74) is 0.923. The molecule has 1 amide bonds. The molecule has 1 aliphatic heterocycles. The Morgan fingerprint density at radius 3 is 2.42 bits per heavy atom. The van der Waals surface area contributed by atoms with Crippen LogP contribution >= 0.6 is 0 Å². The van der Waals surface area contributed by atoms with Crippen molar-refractivity contribution in [3.8, 4) is 0 Å². The monoisotopic (exact) mass is 437 g/mol. The van der Waals surface area contributed by atoms with E-state index in [4.69, 9.17) is 14.2 Å². The Kier molecular flexibility index (Phi) is 8.25. The normalized spacial score (nSPS) is 21.3. The fourth-order valence-electron chi connectivity index (χ4n) is 3.40. The van der Waals surface area contributed by atoms with Crippen LogP contribution in [0.5, 0.6) is 0 Å². The molecule has 1 aromatic rings. The molecule has 1 heterocycles. The molecule has 1 fully saturated rings. The highest BCUT2D eigenvalue weighted by Crippen LogP contribution is 2.27. The van der Waals surface area contributed by atoms with Gasteiger partial charge in [0.25, 0.3) is 5.69 Å². The molecule has 0 bridgehead atoms. The number of benzene rings is 1. The van der Waals surface area contributed by atoms with Gasteiger partial charge in [-0.1, -0.05) is 0 Å². The number of nitrogens with zero attached hydrogens (tertiary/aromatic N) is 2. The van der Waals surface area contributed by atoms with E-state index in [0.29, 0.717) is 18.7 Å². The van der Waals surface area contributed by atoms with Crippen LogP contribution in [0.15, 0.2) is 18.2 Å². The predicted molar refractivity (Wildman–Crippen MR) is 118 cm³/mol. The number of hydrogen-bond donors (Lipinski definition) is 1. The summed E-state index contributed by atoms with van der Waals surface area (Å²) in [5.74, 6) is 0. The van der Waals surface area contributed by atoms with Crippen molar-refractivity contribution >= 4 is 17.5 Å². The first kappa shape index (κ1) is 24.9. The molecule has 9 heteroatoms. The molecule has 0 saturated carbocycles. The molecule has 1 saturated heterocycles. The average Bonchev–Trinajstić information content (AvgIpc) is 2.63. The molecule has 0 aromatic heterocycles. The molecule has 174 valence electrons. The number of rotatable bonds is 7. The summed E-state index contributed by atoms with van der Waals surface area (Å²) in [4.78, 5) is 25.1. The molecule has 0 radical (unpaired) electrons. The number of carbonyl (C=O) groups is 1. The van der Waals surface area contributed by atoms with Crippen LogP contribution in [0.25, 0.3) is 0 Å². The molecule has 4 atom stereocenters. The topological polar surface area (TPSA) is 103 Å². The van der Waals surface area contributed by atoms with E-state index in [0.717, 1.165) is 5.69 Å². The van der Waals surface area contributed by atoms with Crippen molar-refractivity contribution in [1.82, 2.24) is 5.32 Å². The number of non-ortho nitro benzene ring substituents is 1. The van der Waals surface area contributed by atoms with Crippen LogP contribution in [-0.2, 0) is 20.8 Å². The van der Waals surface area contributed by atoms with E-state index < -0.39 is 16.6 Å². The minimum Gasteiger partial charge on any atom is -0.444 e. The molecule has 2 rings (SSSR count). The quantitative estimate of drug-likeness (QED) is 0.507. The van der Waals surface area contributed by atoms with E-state index in [2.05, 4.69) is 10.2 Å². The van der Waals surface area contributed by atoms with Crippen LogP contribution in [0.3, 0.4) is 0 Å². The van der Waals surface area contributed by atoms with Gasteiger partial charge in [0.1, 0.15) is 5.60 Å². The highest BCUT2D eigenvalue weighted by Gasteiger charge is 2.25. The van der Waals surface area contributed by atoms with Crippen molar-refractivity contribution in [3.63, 3.8) is 0 Å². The summed E-state index contributed by atoms with van der Waals surface area (Å²) >= 11 is 0. The lowest BCUT2D eigenvalue weighted by Gasteiger charge is -2.37. The molecule has 1 aliphatic rings. The van der Waals surface area contributed by atoms with Crippen LogP contribution in [-0.4, -0.2) is 54.1 Å². The SMILES string of the molecule is C[C@H]1CN(c2cc(CO[C@H](C)[C@@H](C)NC(=O)OC(C)(C)C)cc([N+](=O)[O-])c2)C[C@H](C)O1. The zero-order valence-corrected chi connectivity index (χ0v) is 19.5. The summed E-state index contributed by atoms with van der Waals surface area (Å²) in [6.07, 6.45) is -0.743. The van der Waals surface area contributed by atoms with Crippen LogP contribution in [0, 0.1) is 10.1 Å². The third-order valence-corrected chi connectivity index (χ3v) is 4.92. The number of ether oxygens (including phenoxy) is 3. The first-order valence-electron chi connectivity index (χ1n) is 10.6. The number of morpholine rings is 1. The fourth-order valence-corrected chi connectivity index (χ4v) is 3.40. The van der Waals surface area contributed by atoms with Gasteiger partial charge in [-0.3, -0.25) is 10.1 Å². The van der Waals surface area contributed by atoms with Gasteiger partial charge < -0.3 is 24.4 Å². The third-order valence-electron chi connectivity index (χ3n) is 4.92. The highest BCUT2D eigenvalue weighted by molar-refractivity contribution is 5.68. The molecule has 1 N–H and O–H groups in total. The summed E-state index contributed by atoms with van der Waals surface area (Å²) in [7, 11) is 0. The lowest BCUT2D eigenvalue weighted by atomic mass is 10.1. The summed E-state index contributed by atoms with van der Waals surface area (Å²) in [6, 6.07) is 4.73. The number of anilines is 1. The van der Waals surface area contributed by atoms with Crippen molar-refractivity contribution in [3.05, 3.63) is 33.9 Å². The predicted octanol–water partition coefficient (Wildman–Crippen LogP) is 4.03. The van der Waals surface area contributed by atoms with Crippen molar-refractivity contribution in [2.45, 2.75) is 85.0 Å². The number of hydrogen-bond acceptors (Lipinski definition) is 7. The first-order valence-corrected chi connectivity index (χ1v) is 10.6. The Labute approximate surface area is 184 Å². The van der Waals surface area contributed by atoms with Crippen molar-refractivity contribution < 1.29 is 23.9 Å². The van der Waals surface area contributed by atoms with E-state index in [1.54, 1.807) is 26.8 Å². The van der Waals surface area contributed by atoms with E-state index in [-0.39, 0.29) is 36.6 Å². The second kappa shape index (κ2) is 10.3. The molecule has 0 spiro atoms. The maximum absolute atomic E-state index is 12.0. The molecular weight excluding hydrogens is 402 g/mol. The Bertz CT molecular complexity index is 769. The van der Waals surface area contributed by atoms with Crippen LogP contribution in [0.2, 0.25) is 0 Å². The maximum Gasteiger partial charge on any atom is 0.407 e. The smallest absolute Gasteiger partial charge is 0.407 e. The van der Waals surface area contributed by atoms with Crippen LogP contribution in [0.4, 0.5) is 16.2 Å². The fraction of sp³-hybridized carbons (Fsp3) is 0.682.